The number of pyridine rings is 2. The predicted octanol–water partition coefficient (Wildman–Crippen LogP) is 4.62. The minimum absolute atomic E-state index is 0.322. The number of methoxy groups -OCH3 is 1. The molecule has 10 nitrogen and oxygen atoms in total. The lowest BCUT2D eigenvalue weighted by Crippen LogP contribution is -2.48. The standard InChI is InChI=1S/C30H35N7O3/c1-3-40-29-23(22-9-10-31-18-25(22)39-2)6-7-24-28(29)35-30(33-24)34-26-16-21(8-11-32-26)19-36-12-14-37(15-13-36)27(38)17-20-4-5-20/h6-11,16,18,20H,3-5,12-15,17,19H2,1-2H3,(H2,32,33,34,35). The lowest BCUT2D eigenvalue weighted by molar-refractivity contribution is -0.133. The first-order valence-corrected chi connectivity index (χ1v) is 14.0. The third-order valence-corrected chi connectivity index (χ3v) is 7.55. The van der Waals surface area contributed by atoms with Crippen molar-refractivity contribution in [2.75, 3.05) is 45.2 Å². The number of imidazole rings is 1. The number of rotatable bonds is 10. The maximum absolute atomic E-state index is 12.4. The molecular weight excluding hydrogens is 506 g/mol. The number of carbonyl (C=O) groups excluding carboxylic acids is 1. The Morgan fingerprint density at radius 2 is 1.95 bits per heavy atom. The zero-order chi connectivity index (χ0) is 27.5. The summed E-state index contributed by atoms with van der Waals surface area (Å²) in [7, 11) is 1.63. The predicted molar refractivity (Wildman–Crippen MR) is 154 cm³/mol. The number of nitrogens with one attached hydrogen (secondary N) is 2. The van der Waals surface area contributed by atoms with Crippen LogP contribution >= 0.6 is 0 Å². The number of anilines is 2. The highest BCUT2D eigenvalue weighted by molar-refractivity contribution is 5.93. The largest absolute Gasteiger partial charge is 0.494 e. The van der Waals surface area contributed by atoms with E-state index in [0.29, 0.717) is 41.7 Å². The number of hydrogen-bond acceptors (Lipinski definition) is 8. The molecule has 208 valence electrons. The van der Waals surface area contributed by atoms with E-state index >= 15 is 0 Å². The second-order valence-electron chi connectivity index (χ2n) is 10.4. The maximum Gasteiger partial charge on any atom is 0.222 e. The number of fused-ring (bicyclic) bond motifs is 1. The molecule has 0 atom stereocenters. The highest BCUT2D eigenvalue weighted by Crippen LogP contribution is 2.40. The second kappa shape index (κ2) is 11.5. The molecule has 4 heterocycles. The number of amides is 1. The number of ether oxygens (including phenoxy) is 2. The Morgan fingerprint density at radius 3 is 2.73 bits per heavy atom. The summed E-state index contributed by atoms with van der Waals surface area (Å²) in [6, 6.07) is 10.00. The topological polar surface area (TPSA) is 108 Å². The molecule has 6 rings (SSSR count). The van der Waals surface area contributed by atoms with Gasteiger partial charge in [0.15, 0.2) is 5.75 Å². The summed E-state index contributed by atoms with van der Waals surface area (Å²) in [6.45, 7) is 6.65. The molecule has 4 aromatic rings. The molecule has 1 aliphatic carbocycles. The summed E-state index contributed by atoms with van der Waals surface area (Å²) >= 11 is 0. The fraction of sp³-hybridized carbons (Fsp3) is 0.400. The Labute approximate surface area is 233 Å². The smallest absolute Gasteiger partial charge is 0.222 e. The van der Waals surface area contributed by atoms with Crippen LogP contribution in [0.15, 0.2) is 48.9 Å². The van der Waals surface area contributed by atoms with Crippen LogP contribution in [0.25, 0.3) is 22.2 Å². The van der Waals surface area contributed by atoms with Crippen molar-refractivity contribution >= 4 is 28.7 Å². The molecule has 0 radical (unpaired) electrons. The minimum Gasteiger partial charge on any atom is -0.494 e. The molecular formula is C30H35N7O3. The molecule has 40 heavy (non-hydrogen) atoms. The van der Waals surface area contributed by atoms with E-state index < -0.39 is 0 Å². The molecule has 0 unspecified atom stereocenters. The summed E-state index contributed by atoms with van der Waals surface area (Å²) in [5, 5.41) is 3.33. The fourth-order valence-electron chi connectivity index (χ4n) is 5.25. The normalized spacial score (nSPS) is 15.8. The first-order valence-electron chi connectivity index (χ1n) is 14.0. The molecule has 1 saturated carbocycles. The third kappa shape index (κ3) is 5.72. The molecule has 1 amide bonds. The summed E-state index contributed by atoms with van der Waals surface area (Å²) in [5.74, 6) is 3.61. The molecule has 0 bridgehead atoms. The van der Waals surface area contributed by atoms with E-state index in [0.717, 1.165) is 66.9 Å². The molecule has 2 aliphatic rings. The van der Waals surface area contributed by atoms with Crippen molar-refractivity contribution in [3.63, 3.8) is 0 Å². The summed E-state index contributed by atoms with van der Waals surface area (Å²) in [6.07, 6.45) is 8.41. The highest BCUT2D eigenvalue weighted by Gasteiger charge is 2.28. The van der Waals surface area contributed by atoms with Crippen LogP contribution in [-0.2, 0) is 11.3 Å². The van der Waals surface area contributed by atoms with Gasteiger partial charge < -0.3 is 24.7 Å². The number of nitrogens with zero attached hydrogens (tertiary/aromatic N) is 5. The van der Waals surface area contributed by atoms with E-state index in [9.17, 15) is 4.79 Å². The van der Waals surface area contributed by atoms with E-state index in [1.165, 1.54) is 12.8 Å². The first kappa shape index (κ1) is 26.1. The van der Waals surface area contributed by atoms with Gasteiger partial charge in [-0.05, 0) is 61.6 Å². The van der Waals surface area contributed by atoms with E-state index in [2.05, 4.69) is 31.2 Å². The maximum atomic E-state index is 12.4. The SMILES string of the molecule is CCOc1c(-c2ccncc2OC)ccc2[nH]c(Nc3cc(CN4CCN(C(=O)CC5CC5)CC4)ccn3)nc12. The van der Waals surface area contributed by atoms with Crippen LogP contribution in [-0.4, -0.2) is 75.5 Å². The zero-order valence-electron chi connectivity index (χ0n) is 23.0. The van der Waals surface area contributed by atoms with E-state index in [-0.39, 0.29) is 0 Å². The average molecular weight is 542 g/mol. The molecule has 2 fully saturated rings. The van der Waals surface area contributed by atoms with Gasteiger partial charge >= 0.3 is 0 Å². The van der Waals surface area contributed by atoms with Gasteiger partial charge in [-0.25, -0.2) is 9.97 Å². The first-order chi connectivity index (χ1) is 19.6. The van der Waals surface area contributed by atoms with Gasteiger partial charge in [0.2, 0.25) is 11.9 Å². The van der Waals surface area contributed by atoms with Crippen LogP contribution in [0.2, 0.25) is 0 Å². The van der Waals surface area contributed by atoms with Gasteiger partial charge in [0, 0.05) is 62.7 Å². The number of carbonyl (C=O) groups is 1. The van der Waals surface area contributed by atoms with Gasteiger partial charge in [0.1, 0.15) is 17.1 Å². The minimum atomic E-state index is 0.322. The molecule has 3 aromatic heterocycles. The molecule has 2 N–H and O–H groups in total. The Bertz CT molecular complexity index is 1490. The van der Waals surface area contributed by atoms with Crippen LogP contribution < -0.4 is 14.8 Å². The van der Waals surface area contributed by atoms with Crippen molar-refractivity contribution in [3.8, 4) is 22.6 Å². The molecule has 1 aliphatic heterocycles. The van der Waals surface area contributed by atoms with Crippen LogP contribution in [0.3, 0.4) is 0 Å². The van der Waals surface area contributed by atoms with Gasteiger partial charge in [0.05, 0.1) is 25.4 Å². The average Bonchev–Trinajstić information content (AvgIpc) is 3.70. The molecule has 0 spiro atoms. The van der Waals surface area contributed by atoms with Crippen molar-refractivity contribution in [1.82, 2.24) is 29.7 Å². The van der Waals surface area contributed by atoms with Gasteiger partial charge in [-0.2, -0.15) is 0 Å². The van der Waals surface area contributed by atoms with Crippen molar-refractivity contribution in [3.05, 3.63) is 54.5 Å². The van der Waals surface area contributed by atoms with Gasteiger partial charge in [0.25, 0.3) is 0 Å². The summed E-state index contributed by atoms with van der Waals surface area (Å²) in [4.78, 5) is 33.7. The molecule has 1 aromatic carbocycles. The number of H-pyrrole nitrogens is 1. The Morgan fingerprint density at radius 1 is 1.10 bits per heavy atom. The monoisotopic (exact) mass is 541 g/mol. The van der Waals surface area contributed by atoms with Crippen molar-refractivity contribution in [2.45, 2.75) is 32.7 Å². The van der Waals surface area contributed by atoms with Crippen LogP contribution in [0.4, 0.5) is 11.8 Å². The second-order valence-corrected chi connectivity index (χ2v) is 10.4. The Kier molecular flexibility index (Phi) is 7.50. The fourth-order valence-corrected chi connectivity index (χ4v) is 5.25. The highest BCUT2D eigenvalue weighted by atomic mass is 16.5. The van der Waals surface area contributed by atoms with E-state index in [1.807, 2.05) is 42.3 Å². The number of aromatic amines is 1. The third-order valence-electron chi connectivity index (χ3n) is 7.55. The zero-order valence-corrected chi connectivity index (χ0v) is 23.0. The van der Waals surface area contributed by atoms with Crippen LogP contribution in [0, 0.1) is 5.92 Å². The lowest BCUT2D eigenvalue weighted by Gasteiger charge is -2.34. The van der Waals surface area contributed by atoms with Crippen molar-refractivity contribution in [1.29, 1.82) is 0 Å². The lowest BCUT2D eigenvalue weighted by atomic mass is 10.0. The Hall–Kier alpha value is -4.18. The van der Waals surface area contributed by atoms with Gasteiger partial charge in [-0.3, -0.25) is 14.7 Å². The number of benzene rings is 1. The molecule has 10 heteroatoms. The summed E-state index contributed by atoms with van der Waals surface area (Å²) in [5.41, 5.74) is 4.52. The van der Waals surface area contributed by atoms with Crippen LogP contribution in [0.1, 0.15) is 31.7 Å². The van der Waals surface area contributed by atoms with Crippen LogP contribution in [0.5, 0.6) is 11.5 Å². The van der Waals surface area contributed by atoms with Gasteiger partial charge in [-0.1, -0.05) is 0 Å². The van der Waals surface area contributed by atoms with E-state index in [1.54, 1.807) is 19.5 Å². The quantitative estimate of drug-likeness (QED) is 0.300. The summed E-state index contributed by atoms with van der Waals surface area (Å²) < 4.78 is 11.6. The number of aromatic nitrogens is 4. The van der Waals surface area contributed by atoms with E-state index in [4.69, 9.17) is 14.5 Å². The molecule has 1 saturated heterocycles. The van der Waals surface area contributed by atoms with Crippen molar-refractivity contribution < 1.29 is 14.3 Å². The number of hydrogen-bond donors (Lipinski definition) is 2. The Balaban J connectivity index is 1.16. The van der Waals surface area contributed by atoms with Gasteiger partial charge in [-0.15, -0.1) is 0 Å². The number of piperazine rings is 1. The van der Waals surface area contributed by atoms with Crippen molar-refractivity contribution in [2.24, 2.45) is 5.92 Å².